The third-order valence-electron chi connectivity index (χ3n) is 3.79. The van der Waals surface area contributed by atoms with Gasteiger partial charge in [0.25, 0.3) is 0 Å². The van der Waals surface area contributed by atoms with E-state index in [9.17, 15) is 4.79 Å². The van der Waals surface area contributed by atoms with Crippen LogP contribution in [0.25, 0.3) is 0 Å². The second-order valence-corrected chi connectivity index (χ2v) is 7.40. The maximum Gasteiger partial charge on any atom is 0.242 e. The number of hydrogen-bond acceptors (Lipinski definition) is 3. The maximum atomic E-state index is 11.8. The molecule has 24 heavy (non-hydrogen) atoms. The Labute approximate surface area is 147 Å². The number of ether oxygens (including phenoxy) is 1. The van der Waals surface area contributed by atoms with E-state index in [-0.39, 0.29) is 18.0 Å². The lowest BCUT2D eigenvalue weighted by molar-refractivity contribution is -0.121. The van der Waals surface area contributed by atoms with E-state index in [1.54, 1.807) is 0 Å². The van der Waals surface area contributed by atoms with Crippen LogP contribution in [0.5, 0.6) is 0 Å². The average molecular weight is 341 g/mol. The first-order valence-corrected chi connectivity index (χ1v) is 9.35. The number of amides is 1. The van der Waals surface area contributed by atoms with Crippen molar-refractivity contribution in [2.24, 2.45) is 4.99 Å². The monoisotopic (exact) mass is 340 g/mol. The van der Waals surface area contributed by atoms with E-state index in [4.69, 9.17) is 4.74 Å². The summed E-state index contributed by atoms with van der Waals surface area (Å²) in [5.41, 5.74) is -0.231. The molecule has 0 atom stereocenters. The van der Waals surface area contributed by atoms with E-state index in [0.717, 1.165) is 6.54 Å². The van der Waals surface area contributed by atoms with Gasteiger partial charge in [-0.2, -0.15) is 0 Å². The zero-order valence-corrected chi connectivity index (χ0v) is 15.9. The highest BCUT2D eigenvalue weighted by molar-refractivity contribution is 5.85. The summed E-state index contributed by atoms with van der Waals surface area (Å²) < 4.78 is 5.96. The number of rotatable bonds is 7. The van der Waals surface area contributed by atoms with Gasteiger partial charge in [0.2, 0.25) is 5.91 Å². The summed E-state index contributed by atoms with van der Waals surface area (Å²) >= 11 is 0. The molecule has 6 heteroatoms. The van der Waals surface area contributed by atoms with E-state index in [1.807, 2.05) is 27.7 Å². The van der Waals surface area contributed by atoms with E-state index in [0.29, 0.717) is 25.2 Å². The Bertz CT molecular complexity index is 383. The second kappa shape index (κ2) is 11.3. The van der Waals surface area contributed by atoms with Gasteiger partial charge in [-0.1, -0.05) is 25.7 Å². The molecule has 1 saturated carbocycles. The summed E-state index contributed by atoms with van der Waals surface area (Å²) in [4.78, 5) is 16.2. The molecule has 0 aromatic heterocycles. The van der Waals surface area contributed by atoms with Crippen LogP contribution in [0.1, 0.15) is 66.2 Å². The maximum absolute atomic E-state index is 11.8. The minimum atomic E-state index is -0.231. The largest absolute Gasteiger partial charge is 0.376 e. The third kappa shape index (κ3) is 10.5. The Kier molecular flexibility index (Phi) is 9.76. The lowest BCUT2D eigenvalue weighted by Crippen LogP contribution is -2.43. The number of nitrogens with one attached hydrogen (secondary N) is 3. The lowest BCUT2D eigenvalue weighted by Gasteiger charge is -2.20. The standard InChI is InChI=1S/C18H36N4O2/c1-5-19-17(21-14-16(23)22-18(2,3)4)20-12-13-24-15-10-8-6-7-9-11-15/h15H,5-14H2,1-4H3,(H,22,23)(H2,19,20,21). The molecule has 6 nitrogen and oxygen atoms in total. The number of hydrogen-bond donors (Lipinski definition) is 3. The predicted molar refractivity (Wildman–Crippen MR) is 99.3 cm³/mol. The first-order valence-electron chi connectivity index (χ1n) is 9.35. The Morgan fingerprint density at radius 3 is 2.38 bits per heavy atom. The van der Waals surface area contributed by atoms with Crippen LogP contribution in [0, 0.1) is 0 Å². The molecular formula is C18H36N4O2. The van der Waals surface area contributed by atoms with Crippen LogP contribution in [0.4, 0.5) is 0 Å². The fourth-order valence-corrected chi connectivity index (χ4v) is 2.75. The summed E-state index contributed by atoms with van der Waals surface area (Å²) in [6, 6.07) is 0. The van der Waals surface area contributed by atoms with Crippen molar-refractivity contribution in [1.29, 1.82) is 0 Å². The van der Waals surface area contributed by atoms with Gasteiger partial charge in [0.1, 0.15) is 6.54 Å². The van der Waals surface area contributed by atoms with Crippen molar-refractivity contribution in [2.75, 3.05) is 26.2 Å². The van der Waals surface area contributed by atoms with Gasteiger partial charge in [-0.3, -0.25) is 4.79 Å². The number of aliphatic imine (C=N–C) groups is 1. The summed E-state index contributed by atoms with van der Waals surface area (Å²) in [6.07, 6.45) is 8.02. The van der Waals surface area contributed by atoms with Gasteiger partial charge in [0, 0.05) is 18.6 Å². The molecule has 0 spiro atoms. The van der Waals surface area contributed by atoms with Crippen LogP contribution in [-0.2, 0) is 9.53 Å². The number of guanidine groups is 1. The van der Waals surface area contributed by atoms with Crippen molar-refractivity contribution in [2.45, 2.75) is 77.9 Å². The average Bonchev–Trinajstić information content (AvgIpc) is 2.76. The van der Waals surface area contributed by atoms with Crippen molar-refractivity contribution in [3.8, 4) is 0 Å². The highest BCUT2D eigenvalue weighted by Gasteiger charge is 2.14. The summed E-state index contributed by atoms with van der Waals surface area (Å²) in [6.45, 7) is 10.1. The van der Waals surface area contributed by atoms with Crippen molar-refractivity contribution < 1.29 is 9.53 Å². The summed E-state index contributed by atoms with van der Waals surface area (Å²) in [5.74, 6) is 0.584. The molecule has 0 aliphatic heterocycles. The van der Waals surface area contributed by atoms with Crippen molar-refractivity contribution >= 4 is 11.9 Å². The molecule has 1 rings (SSSR count). The zero-order valence-electron chi connectivity index (χ0n) is 15.9. The highest BCUT2D eigenvalue weighted by Crippen LogP contribution is 2.19. The molecule has 140 valence electrons. The zero-order chi connectivity index (χ0) is 17.8. The smallest absolute Gasteiger partial charge is 0.242 e. The van der Waals surface area contributed by atoms with Crippen LogP contribution in [0.2, 0.25) is 0 Å². The van der Waals surface area contributed by atoms with Gasteiger partial charge in [-0.15, -0.1) is 0 Å². The Morgan fingerprint density at radius 2 is 1.79 bits per heavy atom. The van der Waals surface area contributed by atoms with E-state index in [1.165, 1.54) is 38.5 Å². The fraction of sp³-hybridized carbons (Fsp3) is 0.889. The molecule has 3 N–H and O–H groups in total. The van der Waals surface area contributed by atoms with E-state index >= 15 is 0 Å². The van der Waals surface area contributed by atoms with Crippen LogP contribution in [0.3, 0.4) is 0 Å². The molecule has 1 aliphatic rings. The molecule has 1 aliphatic carbocycles. The van der Waals surface area contributed by atoms with Gasteiger partial charge in [0.15, 0.2) is 5.96 Å². The highest BCUT2D eigenvalue weighted by atomic mass is 16.5. The van der Waals surface area contributed by atoms with Crippen molar-refractivity contribution in [1.82, 2.24) is 16.0 Å². The normalized spacial score (nSPS) is 17.2. The topological polar surface area (TPSA) is 74.8 Å². The molecule has 1 fully saturated rings. The quantitative estimate of drug-likeness (QED) is 0.287. The lowest BCUT2D eigenvalue weighted by atomic mass is 10.1. The van der Waals surface area contributed by atoms with Crippen LogP contribution in [-0.4, -0.2) is 49.8 Å². The SMILES string of the molecule is CCNC(=NCC(=O)NC(C)(C)C)NCCOC1CCCCCC1. The molecule has 0 unspecified atom stereocenters. The molecule has 0 aromatic carbocycles. The second-order valence-electron chi connectivity index (χ2n) is 7.40. The van der Waals surface area contributed by atoms with Crippen LogP contribution < -0.4 is 16.0 Å². The first kappa shape index (κ1) is 20.7. The number of carbonyl (C=O) groups excluding carboxylic acids is 1. The minimum absolute atomic E-state index is 0.0746. The number of nitrogens with zero attached hydrogens (tertiary/aromatic N) is 1. The molecule has 0 saturated heterocycles. The molecule has 0 bridgehead atoms. The number of carbonyl (C=O) groups is 1. The molecule has 1 amide bonds. The van der Waals surface area contributed by atoms with Crippen LogP contribution in [0.15, 0.2) is 4.99 Å². The molecular weight excluding hydrogens is 304 g/mol. The van der Waals surface area contributed by atoms with Gasteiger partial charge in [-0.05, 0) is 40.5 Å². The van der Waals surface area contributed by atoms with E-state index in [2.05, 4.69) is 20.9 Å². The summed E-state index contributed by atoms with van der Waals surface area (Å²) in [5, 5.41) is 9.29. The van der Waals surface area contributed by atoms with Crippen molar-refractivity contribution in [3.63, 3.8) is 0 Å². The minimum Gasteiger partial charge on any atom is -0.376 e. The Balaban J connectivity index is 2.28. The van der Waals surface area contributed by atoms with Gasteiger partial charge < -0.3 is 20.7 Å². The Morgan fingerprint density at radius 1 is 1.12 bits per heavy atom. The molecule has 0 radical (unpaired) electrons. The summed E-state index contributed by atoms with van der Waals surface area (Å²) in [7, 11) is 0. The molecule has 0 aromatic rings. The van der Waals surface area contributed by atoms with E-state index < -0.39 is 0 Å². The van der Waals surface area contributed by atoms with Gasteiger partial charge in [-0.25, -0.2) is 4.99 Å². The van der Waals surface area contributed by atoms with Gasteiger partial charge in [0.05, 0.1) is 12.7 Å². The fourth-order valence-electron chi connectivity index (χ4n) is 2.75. The first-order chi connectivity index (χ1) is 11.4. The van der Waals surface area contributed by atoms with Crippen LogP contribution >= 0.6 is 0 Å². The van der Waals surface area contributed by atoms with Crippen molar-refractivity contribution in [3.05, 3.63) is 0 Å². The van der Waals surface area contributed by atoms with Gasteiger partial charge >= 0.3 is 0 Å². The third-order valence-corrected chi connectivity index (χ3v) is 3.79. The Hall–Kier alpha value is -1.30. The predicted octanol–water partition coefficient (Wildman–Crippen LogP) is 2.20. The molecule has 0 heterocycles.